The Hall–Kier alpha value is -0.870. The molecule has 3 nitrogen and oxygen atoms in total. The van der Waals surface area contributed by atoms with Gasteiger partial charge in [-0.1, -0.05) is 19.1 Å². The molecule has 1 N–H and O–H groups in total. The Balaban J connectivity index is 2.22. The largest absolute Gasteiger partial charge is 0.490 e. The Morgan fingerprint density at radius 2 is 1.89 bits per heavy atom. The number of para-hydroxylation sites is 2. The van der Waals surface area contributed by atoms with Crippen LogP contribution in [0.3, 0.4) is 0 Å². The first-order chi connectivity index (χ1) is 9.27. The Morgan fingerprint density at radius 3 is 2.53 bits per heavy atom. The van der Waals surface area contributed by atoms with Crippen molar-refractivity contribution in [1.29, 1.82) is 0 Å². The van der Waals surface area contributed by atoms with Crippen molar-refractivity contribution in [2.45, 2.75) is 13.8 Å². The van der Waals surface area contributed by atoms with Crippen LogP contribution in [0.15, 0.2) is 24.3 Å². The summed E-state index contributed by atoms with van der Waals surface area (Å²) in [4.78, 5) is 0. The molecule has 0 radical (unpaired) electrons. The van der Waals surface area contributed by atoms with Crippen LogP contribution < -0.4 is 14.8 Å². The van der Waals surface area contributed by atoms with Gasteiger partial charge in [-0.2, -0.15) is 11.8 Å². The number of hydrogen-bond donors (Lipinski definition) is 1. The number of thioether (sulfide) groups is 1. The average molecular weight is 283 g/mol. The Bertz CT molecular complexity index is 347. The molecule has 0 saturated heterocycles. The van der Waals surface area contributed by atoms with E-state index < -0.39 is 0 Å². The van der Waals surface area contributed by atoms with Crippen LogP contribution in [0.1, 0.15) is 13.8 Å². The fourth-order valence-corrected chi connectivity index (χ4v) is 2.46. The van der Waals surface area contributed by atoms with Gasteiger partial charge in [0.2, 0.25) is 0 Å². The van der Waals surface area contributed by atoms with Gasteiger partial charge in [0.05, 0.1) is 6.61 Å². The second kappa shape index (κ2) is 9.98. The van der Waals surface area contributed by atoms with Crippen LogP contribution >= 0.6 is 11.8 Å². The minimum Gasteiger partial charge on any atom is -0.490 e. The highest BCUT2D eigenvalue weighted by molar-refractivity contribution is 7.98. The first-order valence-corrected chi connectivity index (χ1v) is 8.21. The lowest BCUT2D eigenvalue weighted by molar-refractivity contribution is 0.274. The first-order valence-electron chi connectivity index (χ1n) is 6.82. The summed E-state index contributed by atoms with van der Waals surface area (Å²) >= 11 is 1.89. The molecule has 1 aromatic rings. The van der Waals surface area contributed by atoms with Gasteiger partial charge in [0, 0.05) is 6.54 Å². The lowest BCUT2D eigenvalue weighted by atomic mass is 10.2. The van der Waals surface area contributed by atoms with Gasteiger partial charge in [0.1, 0.15) is 6.61 Å². The molecule has 0 aliphatic carbocycles. The third-order valence-corrected chi connectivity index (χ3v) is 3.53. The van der Waals surface area contributed by atoms with Gasteiger partial charge in [-0.3, -0.25) is 0 Å². The van der Waals surface area contributed by atoms with E-state index in [0.717, 1.165) is 24.6 Å². The molecular weight excluding hydrogens is 258 g/mol. The maximum atomic E-state index is 5.74. The predicted octanol–water partition coefficient (Wildman–Crippen LogP) is 3.05. The molecule has 1 unspecified atom stereocenters. The number of rotatable bonds is 10. The zero-order chi connectivity index (χ0) is 13.9. The second-order valence-electron chi connectivity index (χ2n) is 4.49. The van der Waals surface area contributed by atoms with Crippen LogP contribution in [0.5, 0.6) is 11.5 Å². The first kappa shape index (κ1) is 16.2. The fraction of sp³-hybridized carbons (Fsp3) is 0.600. The Morgan fingerprint density at radius 1 is 1.21 bits per heavy atom. The summed E-state index contributed by atoms with van der Waals surface area (Å²) in [5.74, 6) is 3.54. The summed E-state index contributed by atoms with van der Waals surface area (Å²) in [5.41, 5.74) is 0. The molecule has 0 aromatic heterocycles. The molecule has 0 aliphatic heterocycles. The SMILES string of the molecule is CCOc1ccccc1OCCNCC(C)CSC. The van der Waals surface area contributed by atoms with Gasteiger partial charge >= 0.3 is 0 Å². The van der Waals surface area contributed by atoms with Gasteiger partial charge in [0.25, 0.3) is 0 Å². The van der Waals surface area contributed by atoms with E-state index in [2.05, 4.69) is 18.5 Å². The van der Waals surface area contributed by atoms with E-state index in [4.69, 9.17) is 9.47 Å². The van der Waals surface area contributed by atoms with Gasteiger partial charge < -0.3 is 14.8 Å². The van der Waals surface area contributed by atoms with Crippen LogP contribution in [-0.4, -0.2) is 38.3 Å². The molecule has 0 heterocycles. The molecule has 0 bridgehead atoms. The lowest BCUT2D eigenvalue weighted by Gasteiger charge is -2.13. The van der Waals surface area contributed by atoms with E-state index in [1.807, 2.05) is 43.0 Å². The zero-order valence-corrected chi connectivity index (χ0v) is 13.0. The minimum absolute atomic E-state index is 0.658. The minimum atomic E-state index is 0.658. The van der Waals surface area contributed by atoms with Crippen molar-refractivity contribution in [3.8, 4) is 11.5 Å². The maximum absolute atomic E-state index is 5.74. The van der Waals surface area contributed by atoms with E-state index in [9.17, 15) is 0 Å². The normalized spacial score (nSPS) is 12.2. The van der Waals surface area contributed by atoms with Crippen molar-refractivity contribution in [3.63, 3.8) is 0 Å². The van der Waals surface area contributed by atoms with Crippen molar-refractivity contribution in [2.75, 3.05) is 38.3 Å². The van der Waals surface area contributed by atoms with E-state index in [-0.39, 0.29) is 0 Å². The topological polar surface area (TPSA) is 30.5 Å². The average Bonchev–Trinajstić information content (AvgIpc) is 2.41. The molecular formula is C15H25NO2S. The third-order valence-electron chi connectivity index (χ3n) is 2.63. The predicted molar refractivity (Wildman–Crippen MR) is 83.5 cm³/mol. The summed E-state index contributed by atoms with van der Waals surface area (Å²) in [7, 11) is 0. The number of ether oxygens (including phenoxy) is 2. The van der Waals surface area contributed by atoms with Crippen molar-refractivity contribution < 1.29 is 9.47 Å². The van der Waals surface area contributed by atoms with Gasteiger partial charge in [-0.25, -0.2) is 0 Å². The Labute approximate surface area is 121 Å². The summed E-state index contributed by atoms with van der Waals surface area (Å²) in [6.45, 7) is 7.46. The molecule has 1 rings (SSSR count). The van der Waals surface area contributed by atoms with Crippen LogP contribution in [0.25, 0.3) is 0 Å². The molecule has 1 aromatic carbocycles. The molecule has 0 fully saturated rings. The molecule has 19 heavy (non-hydrogen) atoms. The Kier molecular flexibility index (Phi) is 8.50. The lowest BCUT2D eigenvalue weighted by Crippen LogP contribution is -2.27. The summed E-state index contributed by atoms with van der Waals surface area (Å²) in [6, 6.07) is 7.81. The van der Waals surface area contributed by atoms with Crippen molar-refractivity contribution in [1.82, 2.24) is 5.32 Å². The highest BCUT2D eigenvalue weighted by atomic mass is 32.2. The molecule has 4 heteroatoms. The van der Waals surface area contributed by atoms with Crippen LogP contribution in [0, 0.1) is 5.92 Å². The number of benzene rings is 1. The van der Waals surface area contributed by atoms with Gasteiger partial charge in [0.15, 0.2) is 11.5 Å². The summed E-state index contributed by atoms with van der Waals surface area (Å²) in [5, 5.41) is 3.41. The fourth-order valence-electron chi connectivity index (χ4n) is 1.77. The van der Waals surface area contributed by atoms with Crippen molar-refractivity contribution in [3.05, 3.63) is 24.3 Å². The van der Waals surface area contributed by atoms with E-state index in [1.165, 1.54) is 5.75 Å². The molecule has 108 valence electrons. The van der Waals surface area contributed by atoms with Crippen LogP contribution in [0.4, 0.5) is 0 Å². The van der Waals surface area contributed by atoms with E-state index >= 15 is 0 Å². The quantitative estimate of drug-likeness (QED) is 0.669. The molecule has 0 amide bonds. The smallest absolute Gasteiger partial charge is 0.161 e. The van der Waals surface area contributed by atoms with Gasteiger partial charge in [-0.05, 0) is 43.5 Å². The molecule has 0 saturated carbocycles. The van der Waals surface area contributed by atoms with E-state index in [0.29, 0.717) is 19.1 Å². The summed E-state index contributed by atoms with van der Waals surface area (Å²) in [6.07, 6.45) is 2.14. The molecule has 1 atom stereocenters. The van der Waals surface area contributed by atoms with Crippen LogP contribution in [-0.2, 0) is 0 Å². The monoisotopic (exact) mass is 283 g/mol. The maximum Gasteiger partial charge on any atom is 0.161 e. The van der Waals surface area contributed by atoms with Crippen LogP contribution in [0.2, 0.25) is 0 Å². The second-order valence-corrected chi connectivity index (χ2v) is 5.40. The highest BCUT2D eigenvalue weighted by Gasteiger charge is 2.03. The van der Waals surface area contributed by atoms with Gasteiger partial charge in [-0.15, -0.1) is 0 Å². The van der Waals surface area contributed by atoms with E-state index in [1.54, 1.807) is 0 Å². The van der Waals surface area contributed by atoms with Crippen molar-refractivity contribution >= 4 is 11.8 Å². The third kappa shape index (κ3) is 6.73. The highest BCUT2D eigenvalue weighted by Crippen LogP contribution is 2.25. The zero-order valence-electron chi connectivity index (χ0n) is 12.1. The number of hydrogen-bond acceptors (Lipinski definition) is 4. The summed E-state index contributed by atoms with van der Waals surface area (Å²) < 4.78 is 11.3. The number of nitrogens with one attached hydrogen (secondary N) is 1. The standard InChI is InChI=1S/C15H25NO2S/c1-4-17-14-7-5-6-8-15(14)18-10-9-16-11-13(2)12-19-3/h5-8,13,16H,4,9-12H2,1-3H3. The van der Waals surface area contributed by atoms with Crippen molar-refractivity contribution in [2.24, 2.45) is 5.92 Å². The molecule has 0 spiro atoms. The molecule has 0 aliphatic rings.